The number of hydrogen-bond donors (Lipinski definition) is 0. The second kappa shape index (κ2) is 6.87. The highest BCUT2D eigenvalue weighted by molar-refractivity contribution is 8.55. The molecule has 0 bridgehead atoms. The van der Waals surface area contributed by atoms with E-state index < -0.39 is 0 Å². The van der Waals surface area contributed by atoms with Crippen molar-refractivity contribution in [3.8, 4) is 0 Å². The largest absolute Gasteiger partial charge is 0.129 e. The number of rotatable bonds is 6. The molecule has 1 aromatic carbocycles. The summed E-state index contributed by atoms with van der Waals surface area (Å²) in [6.45, 7) is 9.99. The molecule has 0 amide bonds. The van der Waals surface area contributed by atoms with Gasteiger partial charge < -0.3 is 0 Å². The van der Waals surface area contributed by atoms with E-state index in [9.17, 15) is 0 Å². The van der Waals surface area contributed by atoms with Crippen LogP contribution in [0.25, 0.3) is 0 Å². The van der Waals surface area contributed by atoms with E-state index in [1.807, 2.05) is 17.5 Å². The van der Waals surface area contributed by atoms with Gasteiger partial charge in [0.25, 0.3) is 0 Å². The smallest absolute Gasteiger partial charge is 0.0226 e. The Hall–Kier alpha value is -0.520. The molecule has 0 radical (unpaired) electrons. The van der Waals surface area contributed by atoms with Gasteiger partial charge in [-0.3, -0.25) is 0 Å². The first-order chi connectivity index (χ1) is 7.22. The molecular weight excluding hydrogens is 219 g/mol. The summed E-state index contributed by atoms with van der Waals surface area (Å²) in [6, 6.07) is 10.6. The molecule has 1 rings (SSSR count). The van der Waals surface area contributed by atoms with Gasteiger partial charge in [-0.1, -0.05) is 55.1 Å². The first kappa shape index (κ1) is 12.5. The van der Waals surface area contributed by atoms with Crippen molar-refractivity contribution < 1.29 is 0 Å². The van der Waals surface area contributed by atoms with Crippen molar-refractivity contribution in [2.24, 2.45) is 0 Å². The van der Waals surface area contributed by atoms with Gasteiger partial charge in [0.2, 0.25) is 0 Å². The fourth-order valence-electron chi connectivity index (χ4n) is 1.16. The minimum Gasteiger partial charge on any atom is -0.129 e. The molecule has 15 heavy (non-hydrogen) atoms. The molecule has 0 fully saturated rings. The van der Waals surface area contributed by atoms with Gasteiger partial charge >= 0.3 is 0 Å². The lowest BCUT2D eigenvalue weighted by Crippen LogP contribution is -1.83. The van der Waals surface area contributed by atoms with Gasteiger partial charge in [-0.05, 0) is 19.4 Å². The lowest BCUT2D eigenvalue weighted by molar-refractivity contribution is 1.43. The molecule has 1 atom stereocenters. The minimum atomic E-state index is -0.00360. The van der Waals surface area contributed by atoms with Crippen molar-refractivity contribution in [2.45, 2.75) is 5.75 Å². The van der Waals surface area contributed by atoms with Crippen LogP contribution in [0.5, 0.6) is 0 Å². The van der Waals surface area contributed by atoms with E-state index in [1.54, 1.807) is 0 Å². The summed E-state index contributed by atoms with van der Waals surface area (Å²) in [4.78, 5) is 0. The van der Waals surface area contributed by atoms with Crippen LogP contribution in [0.15, 0.2) is 55.1 Å². The summed E-state index contributed by atoms with van der Waals surface area (Å²) >= 11 is 2.03. The predicted octanol–water partition coefficient (Wildman–Crippen LogP) is 4.69. The van der Waals surface area contributed by atoms with Gasteiger partial charge in [0.1, 0.15) is 0 Å². The third kappa shape index (κ3) is 5.20. The van der Waals surface area contributed by atoms with Gasteiger partial charge in [-0.15, -0.1) is 11.4 Å². The minimum absolute atomic E-state index is 0.00360. The van der Waals surface area contributed by atoms with Crippen molar-refractivity contribution >= 4 is 18.5 Å². The van der Waals surface area contributed by atoms with E-state index >= 15 is 0 Å². The topological polar surface area (TPSA) is 0 Å². The summed E-state index contributed by atoms with van der Waals surface area (Å²) < 4.78 is 0. The van der Waals surface area contributed by atoms with Gasteiger partial charge in [0, 0.05) is 11.9 Å². The van der Waals surface area contributed by atoms with Gasteiger partial charge in [0.05, 0.1) is 0 Å². The maximum atomic E-state index is 3.95. The van der Waals surface area contributed by atoms with Crippen LogP contribution in [0.2, 0.25) is 0 Å². The Balaban J connectivity index is 2.31. The molecule has 0 aromatic heterocycles. The third-order valence-corrected chi connectivity index (χ3v) is 5.86. The van der Waals surface area contributed by atoms with Crippen molar-refractivity contribution in [1.29, 1.82) is 0 Å². The highest BCUT2D eigenvalue weighted by atomic mass is 32.7. The molecule has 0 N–H and O–H groups in total. The van der Waals surface area contributed by atoms with E-state index in [0.29, 0.717) is 0 Å². The van der Waals surface area contributed by atoms with Crippen molar-refractivity contribution in [2.75, 3.05) is 12.8 Å². The second-order valence-electron chi connectivity index (χ2n) is 3.41. The van der Waals surface area contributed by atoms with Gasteiger partial charge in [-0.2, -0.15) is 0 Å². The molecule has 80 valence electrons. The van der Waals surface area contributed by atoms with E-state index in [2.05, 4.69) is 50.2 Å². The summed E-state index contributed by atoms with van der Waals surface area (Å²) in [6.07, 6.45) is 2.96. The van der Waals surface area contributed by atoms with E-state index in [-0.39, 0.29) is 7.12 Å². The molecule has 2 heteroatoms. The Morgan fingerprint density at radius 3 is 2.67 bits per heavy atom. The van der Waals surface area contributed by atoms with Crippen molar-refractivity contribution in [3.63, 3.8) is 0 Å². The van der Waals surface area contributed by atoms with Crippen LogP contribution in [-0.2, 0) is 5.75 Å². The quantitative estimate of drug-likeness (QED) is 0.510. The maximum absolute atomic E-state index is 3.95. The Kier molecular flexibility index (Phi) is 5.75. The summed E-state index contributed by atoms with van der Waals surface area (Å²) in [7, 11) is -0.00360. The molecule has 0 saturated heterocycles. The molecule has 0 aliphatic rings. The van der Waals surface area contributed by atoms with Crippen LogP contribution < -0.4 is 0 Å². The fourth-order valence-corrected chi connectivity index (χ4v) is 4.39. The normalized spacial score (nSPS) is 12.1. The lowest BCUT2D eigenvalue weighted by Gasteiger charge is -2.11. The predicted molar refractivity (Wildman–Crippen MR) is 74.8 cm³/mol. The van der Waals surface area contributed by atoms with Gasteiger partial charge in [0.15, 0.2) is 0 Å². The van der Waals surface area contributed by atoms with Crippen LogP contribution in [0, 0.1) is 0 Å². The Morgan fingerprint density at radius 2 is 2.07 bits per heavy atom. The van der Waals surface area contributed by atoms with Crippen LogP contribution >= 0.6 is 18.5 Å². The molecule has 0 aliphatic carbocycles. The summed E-state index contributed by atoms with van der Waals surface area (Å²) in [5.41, 5.74) is 2.56. The summed E-state index contributed by atoms with van der Waals surface area (Å²) in [5.74, 6) is 1.10. The average molecular weight is 236 g/mol. The monoisotopic (exact) mass is 236 g/mol. The maximum Gasteiger partial charge on any atom is 0.0226 e. The Labute approximate surface area is 98.0 Å². The first-order valence-electron chi connectivity index (χ1n) is 4.90. The van der Waals surface area contributed by atoms with E-state index in [0.717, 1.165) is 17.5 Å². The van der Waals surface area contributed by atoms with Crippen LogP contribution in [0.3, 0.4) is 0 Å². The molecule has 0 nitrogen and oxygen atoms in total. The van der Waals surface area contributed by atoms with Crippen LogP contribution in [-0.4, -0.2) is 12.8 Å². The second-order valence-corrected chi connectivity index (χ2v) is 8.17. The molecule has 0 spiro atoms. The zero-order valence-corrected chi connectivity index (χ0v) is 10.9. The van der Waals surface area contributed by atoms with E-state index in [1.165, 1.54) is 5.56 Å². The fraction of sp³-hybridized carbons (Fsp3) is 0.231. The Bertz CT molecular complexity index is 319. The number of allylic oxidation sites excluding steroid dienone is 2. The van der Waals surface area contributed by atoms with Gasteiger partial charge in [-0.25, -0.2) is 0 Å². The zero-order valence-electron chi connectivity index (χ0n) is 9.15. The lowest BCUT2D eigenvalue weighted by atomic mass is 10.2. The SMILES string of the molecule is C=CC(=C)CP(C)SCc1ccccc1. The van der Waals surface area contributed by atoms with Crippen molar-refractivity contribution in [1.82, 2.24) is 0 Å². The molecule has 1 unspecified atom stereocenters. The number of hydrogen-bond acceptors (Lipinski definition) is 1. The molecule has 0 aliphatic heterocycles. The summed E-state index contributed by atoms with van der Waals surface area (Å²) in [5, 5.41) is 0. The molecular formula is C13H17PS. The average Bonchev–Trinajstić information content (AvgIpc) is 2.27. The molecule has 0 heterocycles. The molecule has 1 aromatic rings. The van der Waals surface area contributed by atoms with Crippen molar-refractivity contribution in [3.05, 3.63) is 60.7 Å². The standard InChI is InChI=1S/C13H17PS/c1-4-12(2)10-14(3)15-11-13-8-6-5-7-9-13/h4-9H,1-2,10-11H2,3H3. The van der Waals surface area contributed by atoms with Crippen LogP contribution in [0.4, 0.5) is 0 Å². The molecule has 0 saturated carbocycles. The number of benzene rings is 1. The third-order valence-electron chi connectivity index (χ3n) is 2.01. The Morgan fingerprint density at radius 1 is 1.40 bits per heavy atom. The van der Waals surface area contributed by atoms with Crippen LogP contribution in [0.1, 0.15) is 5.56 Å². The highest BCUT2D eigenvalue weighted by Crippen LogP contribution is 2.48. The first-order valence-corrected chi connectivity index (χ1v) is 8.47. The highest BCUT2D eigenvalue weighted by Gasteiger charge is 2.02. The zero-order chi connectivity index (χ0) is 11.1. The van der Waals surface area contributed by atoms with E-state index in [4.69, 9.17) is 0 Å².